The van der Waals surface area contributed by atoms with E-state index in [0.29, 0.717) is 0 Å². The van der Waals surface area contributed by atoms with Gasteiger partial charge in [-0.25, -0.2) is 27.3 Å². The summed E-state index contributed by atoms with van der Waals surface area (Å²) in [4.78, 5) is 3.41. The topological polar surface area (TPSA) is 73.1 Å². The lowest BCUT2D eigenvalue weighted by Gasteiger charge is -2.08. The summed E-state index contributed by atoms with van der Waals surface area (Å²) in [6.45, 7) is 0. The van der Waals surface area contributed by atoms with E-state index in [2.05, 4.69) is 4.98 Å². The van der Waals surface area contributed by atoms with E-state index in [9.17, 15) is 17.2 Å². The second kappa shape index (κ2) is 4.44. The van der Waals surface area contributed by atoms with Crippen LogP contribution in [0.3, 0.4) is 0 Å². The van der Waals surface area contributed by atoms with Crippen LogP contribution in [0.15, 0.2) is 11.2 Å². The molecule has 4 nitrogen and oxygen atoms in total. The monoisotopic (exact) mass is 368 g/mol. The molecule has 0 atom stereocenters. The number of hydrogen-bond donors (Lipinski definition) is 1. The summed E-state index contributed by atoms with van der Waals surface area (Å²) in [5.74, 6) is 0. The van der Waals surface area contributed by atoms with Crippen molar-refractivity contribution in [3.63, 3.8) is 0 Å². The molecule has 0 saturated carbocycles. The molecule has 0 bridgehead atoms. The third-order valence-electron chi connectivity index (χ3n) is 1.46. The molecule has 0 spiro atoms. The fourth-order valence-electron chi connectivity index (χ4n) is 0.860. The molecule has 15 heavy (non-hydrogen) atoms. The molecule has 1 heterocycles. The van der Waals surface area contributed by atoms with Crippen LogP contribution in [0.4, 0.5) is 8.78 Å². The van der Waals surface area contributed by atoms with Crippen LogP contribution in [0.1, 0.15) is 12.0 Å². The molecule has 0 unspecified atom stereocenters. The van der Waals surface area contributed by atoms with Crippen molar-refractivity contribution in [2.24, 2.45) is 5.14 Å². The summed E-state index contributed by atoms with van der Waals surface area (Å²) in [7, 11) is -4.19. The first-order chi connectivity index (χ1) is 6.75. The average Bonchev–Trinajstić information content (AvgIpc) is 2.00. The molecule has 0 amide bonds. The minimum absolute atomic E-state index is 0.0833. The number of sulfonamides is 1. The lowest BCUT2D eigenvalue weighted by molar-refractivity contribution is 0.150. The van der Waals surface area contributed by atoms with Gasteiger partial charge in [-0.3, -0.25) is 0 Å². The molecule has 1 rings (SSSR count). The Morgan fingerprint density at radius 2 is 2.07 bits per heavy atom. The summed E-state index contributed by atoms with van der Waals surface area (Å²) in [6, 6.07) is 0. The number of primary sulfonamides is 1. The Balaban J connectivity index is 3.56. The van der Waals surface area contributed by atoms with E-state index >= 15 is 0 Å². The maximum atomic E-state index is 12.5. The van der Waals surface area contributed by atoms with Crippen molar-refractivity contribution in [1.82, 2.24) is 4.98 Å². The third kappa shape index (κ3) is 2.74. The van der Waals surface area contributed by atoms with E-state index in [1.165, 1.54) is 0 Å². The van der Waals surface area contributed by atoms with Crippen molar-refractivity contribution < 1.29 is 17.2 Å². The van der Waals surface area contributed by atoms with Gasteiger partial charge >= 0.3 is 0 Å². The number of rotatable bonds is 2. The molecule has 1 aromatic rings. The molecule has 0 aromatic carbocycles. The first kappa shape index (κ1) is 13.0. The highest BCUT2D eigenvalue weighted by molar-refractivity contribution is 14.1. The summed E-state index contributed by atoms with van der Waals surface area (Å²) in [5, 5.41) is 3.39. The van der Waals surface area contributed by atoms with Gasteiger partial charge < -0.3 is 0 Å². The van der Waals surface area contributed by atoms with Crippen LogP contribution in [0, 0.1) is 3.57 Å². The van der Waals surface area contributed by atoms with Gasteiger partial charge in [-0.15, -0.1) is 0 Å². The van der Waals surface area contributed by atoms with Crippen LogP contribution >= 0.6 is 34.2 Å². The van der Waals surface area contributed by atoms with E-state index in [0.717, 1.165) is 6.20 Å². The highest BCUT2D eigenvalue weighted by atomic mass is 127. The third-order valence-corrected chi connectivity index (χ3v) is 3.67. The Hall–Kier alpha value is -0.0600. The summed E-state index contributed by atoms with van der Waals surface area (Å²) >= 11 is 7.07. The van der Waals surface area contributed by atoms with Crippen LogP contribution in [-0.4, -0.2) is 13.4 Å². The molecule has 0 fully saturated rings. The van der Waals surface area contributed by atoms with Crippen molar-refractivity contribution in [3.8, 4) is 0 Å². The zero-order chi connectivity index (χ0) is 11.8. The Morgan fingerprint density at radius 1 is 1.53 bits per heavy atom. The number of halogens is 4. The molecule has 0 aliphatic heterocycles. The van der Waals surface area contributed by atoms with Gasteiger partial charge in [0.05, 0.1) is 10.6 Å². The molecule has 0 radical (unpaired) electrons. The van der Waals surface area contributed by atoms with Gasteiger partial charge in [-0.2, -0.15) is 0 Å². The number of hydrogen-bond acceptors (Lipinski definition) is 3. The van der Waals surface area contributed by atoms with E-state index in [1.54, 1.807) is 22.6 Å². The minimum Gasteiger partial charge on any atom is -0.241 e. The zero-order valence-corrected chi connectivity index (χ0v) is 10.6. The van der Waals surface area contributed by atoms with Crippen molar-refractivity contribution in [2.45, 2.75) is 11.5 Å². The molecule has 9 heteroatoms. The van der Waals surface area contributed by atoms with Gasteiger partial charge in [0, 0.05) is 9.77 Å². The molecule has 0 aliphatic rings. The molecular weight excluding hydrogens is 364 g/mol. The van der Waals surface area contributed by atoms with Gasteiger partial charge in [0.2, 0.25) is 0 Å². The largest absolute Gasteiger partial charge is 0.266 e. The SMILES string of the molecule is NS(=O)(=O)c1ncc(I)c(C(F)F)c1Cl. The Morgan fingerprint density at radius 3 is 2.47 bits per heavy atom. The van der Waals surface area contributed by atoms with Crippen LogP contribution in [0.2, 0.25) is 5.02 Å². The highest BCUT2D eigenvalue weighted by Crippen LogP contribution is 2.33. The van der Waals surface area contributed by atoms with Gasteiger partial charge in [-0.1, -0.05) is 11.6 Å². The fraction of sp³-hybridized carbons (Fsp3) is 0.167. The van der Waals surface area contributed by atoms with Gasteiger partial charge in [0.1, 0.15) is 0 Å². The number of alkyl halides is 2. The van der Waals surface area contributed by atoms with Gasteiger partial charge in [-0.05, 0) is 22.6 Å². The standard InChI is InChI=1S/C6H4ClF2IN2O2S/c7-4-3(5(8)9)2(10)1-12-6(4)15(11,13)14/h1,5H,(H2,11,13,14). The molecule has 0 aliphatic carbocycles. The van der Waals surface area contributed by atoms with E-state index in [-0.39, 0.29) is 3.57 Å². The Kier molecular flexibility index (Phi) is 3.85. The van der Waals surface area contributed by atoms with E-state index < -0.39 is 32.1 Å². The van der Waals surface area contributed by atoms with E-state index in [1.807, 2.05) is 0 Å². The summed E-state index contributed by atoms with van der Waals surface area (Å²) < 4.78 is 46.9. The fourth-order valence-corrected chi connectivity index (χ4v) is 2.78. The second-order valence-corrected chi connectivity index (χ2v) is 5.50. The lowest BCUT2D eigenvalue weighted by Crippen LogP contribution is -2.15. The Bertz CT molecular complexity index is 494. The number of pyridine rings is 1. The van der Waals surface area contributed by atoms with Crippen molar-refractivity contribution >= 4 is 44.2 Å². The molecule has 84 valence electrons. The minimum atomic E-state index is -4.19. The van der Waals surface area contributed by atoms with Crippen molar-refractivity contribution in [3.05, 3.63) is 20.4 Å². The average molecular weight is 369 g/mol. The molecular formula is C6H4ClF2IN2O2S. The van der Waals surface area contributed by atoms with Crippen LogP contribution in [0.25, 0.3) is 0 Å². The molecule has 2 N–H and O–H groups in total. The first-order valence-electron chi connectivity index (χ1n) is 3.40. The van der Waals surface area contributed by atoms with Crippen molar-refractivity contribution in [1.29, 1.82) is 0 Å². The number of nitrogens with two attached hydrogens (primary N) is 1. The molecule has 1 aromatic heterocycles. The maximum absolute atomic E-state index is 12.5. The Labute approximate surface area is 103 Å². The first-order valence-corrected chi connectivity index (χ1v) is 6.40. The highest BCUT2D eigenvalue weighted by Gasteiger charge is 2.24. The normalized spacial score (nSPS) is 12.1. The van der Waals surface area contributed by atoms with E-state index in [4.69, 9.17) is 16.7 Å². The predicted molar refractivity (Wildman–Crippen MR) is 58.3 cm³/mol. The number of aromatic nitrogens is 1. The van der Waals surface area contributed by atoms with Crippen LogP contribution < -0.4 is 5.14 Å². The van der Waals surface area contributed by atoms with Crippen LogP contribution in [-0.2, 0) is 10.0 Å². The summed E-state index contributed by atoms with van der Waals surface area (Å²) in [5.41, 5.74) is -0.573. The zero-order valence-electron chi connectivity index (χ0n) is 6.92. The van der Waals surface area contributed by atoms with Gasteiger partial charge in [0.15, 0.2) is 5.03 Å². The predicted octanol–water partition coefficient (Wildman–Crippen LogP) is 1.92. The second-order valence-electron chi connectivity index (χ2n) is 2.48. The van der Waals surface area contributed by atoms with Gasteiger partial charge in [0.25, 0.3) is 16.4 Å². The smallest absolute Gasteiger partial charge is 0.241 e. The summed E-state index contributed by atoms with van der Waals surface area (Å²) in [6.07, 6.45) is -1.90. The van der Waals surface area contributed by atoms with Crippen molar-refractivity contribution in [2.75, 3.05) is 0 Å². The number of nitrogens with zero attached hydrogens (tertiary/aromatic N) is 1. The van der Waals surface area contributed by atoms with Crippen LogP contribution in [0.5, 0.6) is 0 Å². The lowest BCUT2D eigenvalue weighted by atomic mass is 10.3. The quantitative estimate of drug-likeness (QED) is 0.811. The molecule has 0 saturated heterocycles. The maximum Gasteiger partial charge on any atom is 0.266 e.